The Hall–Kier alpha value is -2.70. The highest BCUT2D eigenvalue weighted by molar-refractivity contribution is 5.94. The molecule has 1 saturated heterocycles. The summed E-state index contributed by atoms with van der Waals surface area (Å²) in [6.45, 7) is 1.46. The first-order valence-corrected chi connectivity index (χ1v) is 9.13. The van der Waals surface area contributed by atoms with Crippen molar-refractivity contribution in [1.82, 2.24) is 19.9 Å². The van der Waals surface area contributed by atoms with Crippen LogP contribution in [0, 0.1) is 0 Å². The van der Waals surface area contributed by atoms with Gasteiger partial charge in [-0.2, -0.15) is 0 Å². The van der Waals surface area contributed by atoms with Crippen molar-refractivity contribution in [3.8, 4) is 5.88 Å². The number of anilines is 1. The van der Waals surface area contributed by atoms with E-state index in [0.29, 0.717) is 17.5 Å². The Labute approximate surface area is 152 Å². The maximum Gasteiger partial charge on any atom is 0.255 e. The molecule has 0 aromatic carbocycles. The van der Waals surface area contributed by atoms with E-state index in [1.165, 1.54) is 11.3 Å². The summed E-state index contributed by atoms with van der Waals surface area (Å²) >= 11 is 0. The van der Waals surface area contributed by atoms with Crippen LogP contribution in [0.4, 0.5) is 5.82 Å². The number of aryl methyl sites for hydroxylation is 1. The first kappa shape index (κ1) is 16.8. The number of likely N-dealkylation sites (tertiary alicyclic amines) is 1. The molecule has 2 aromatic rings. The summed E-state index contributed by atoms with van der Waals surface area (Å²) in [5.74, 6) is 1.53. The number of hydrogen-bond acceptors (Lipinski definition) is 6. The minimum atomic E-state index is 0.0292. The number of pyridine rings is 1. The van der Waals surface area contributed by atoms with Crippen LogP contribution in [0.1, 0.15) is 40.9 Å². The van der Waals surface area contributed by atoms with Gasteiger partial charge in [0.15, 0.2) is 0 Å². The van der Waals surface area contributed by atoms with Gasteiger partial charge < -0.3 is 15.0 Å². The van der Waals surface area contributed by atoms with Crippen molar-refractivity contribution in [2.75, 3.05) is 25.5 Å². The Morgan fingerprint density at radius 3 is 2.77 bits per heavy atom. The van der Waals surface area contributed by atoms with Crippen LogP contribution >= 0.6 is 0 Å². The molecule has 3 heterocycles. The van der Waals surface area contributed by atoms with Crippen LogP contribution in [-0.2, 0) is 12.8 Å². The van der Waals surface area contributed by atoms with Crippen molar-refractivity contribution in [2.24, 2.45) is 0 Å². The van der Waals surface area contributed by atoms with E-state index in [-0.39, 0.29) is 5.91 Å². The molecule has 26 heavy (non-hydrogen) atoms. The van der Waals surface area contributed by atoms with Crippen molar-refractivity contribution in [3.05, 3.63) is 41.5 Å². The number of nitrogens with zero attached hydrogens (tertiary/aromatic N) is 4. The van der Waals surface area contributed by atoms with Crippen molar-refractivity contribution in [2.45, 2.75) is 38.1 Å². The fourth-order valence-electron chi connectivity index (χ4n) is 3.71. The van der Waals surface area contributed by atoms with Crippen LogP contribution in [0.3, 0.4) is 0 Å². The summed E-state index contributed by atoms with van der Waals surface area (Å²) in [4.78, 5) is 27.5. The van der Waals surface area contributed by atoms with E-state index in [9.17, 15) is 4.79 Å². The van der Waals surface area contributed by atoms with Gasteiger partial charge in [-0.05, 0) is 38.2 Å². The van der Waals surface area contributed by atoms with Crippen LogP contribution in [-0.4, -0.2) is 52.0 Å². The molecule has 0 spiro atoms. The Kier molecular flexibility index (Phi) is 4.69. The molecule has 1 N–H and O–H groups in total. The minimum absolute atomic E-state index is 0.0292. The number of fused-ring (bicyclic) bond motifs is 1. The van der Waals surface area contributed by atoms with Crippen LogP contribution in [0.5, 0.6) is 5.88 Å². The summed E-state index contributed by atoms with van der Waals surface area (Å²) in [5, 5.41) is 3.58. The Bertz CT molecular complexity index is 785. The van der Waals surface area contributed by atoms with Crippen LogP contribution in [0.15, 0.2) is 24.7 Å². The lowest BCUT2D eigenvalue weighted by Gasteiger charge is -2.33. The molecule has 0 atom stereocenters. The van der Waals surface area contributed by atoms with E-state index < -0.39 is 0 Å². The second kappa shape index (κ2) is 7.27. The smallest absolute Gasteiger partial charge is 0.255 e. The van der Waals surface area contributed by atoms with Gasteiger partial charge in [-0.1, -0.05) is 0 Å². The largest absolute Gasteiger partial charge is 0.481 e. The molecular formula is C19H23N5O2. The molecule has 0 radical (unpaired) electrons. The maximum absolute atomic E-state index is 12.6. The van der Waals surface area contributed by atoms with Gasteiger partial charge in [0.05, 0.1) is 12.7 Å². The van der Waals surface area contributed by atoms with Gasteiger partial charge in [-0.25, -0.2) is 15.0 Å². The van der Waals surface area contributed by atoms with Crippen LogP contribution in [0.25, 0.3) is 0 Å². The number of rotatable bonds is 4. The summed E-state index contributed by atoms with van der Waals surface area (Å²) in [7, 11) is 1.56. The fourth-order valence-corrected chi connectivity index (χ4v) is 3.71. The van der Waals surface area contributed by atoms with Crippen LogP contribution in [0.2, 0.25) is 0 Å². The number of ether oxygens (including phenoxy) is 1. The number of nitrogens with one attached hydrogen (secondary N) is 1. The van der Waals surface area contributed by atoms with Gasteiger partial charge in [0.25, 0.3) is 5.91 Å². The van der Waals surface area contributed by atoms with Crippen molar-refractivity contribution < 1.29 is 9.53 Å². The topological polar surface area (TPSA) is 80.2 Å². The number of aromatic nitrogens is 3. The highest BCUT2D eigenvalue weighted by Gasteiger charge is 2.25. The zero-order chi connectivity index (χ0) is 17.9. The van der Waals surface area contributed by atoms with Crippen molar-refractivity contribution in [3.63, 3.8) is 0 Å². The third kappa shape index (κ3) is 3.34. The molecule has 1 fully saturated rings. The van der Waals surface area contributed by atoms with E-state index in [2.05, 4.69) is 20.3 Å². The lowest BCUT2D eigenvalue weighted by Crippen LogP contribution is -2.42. The summed E-state index contributed by atoms with van der Waals surface area (Å²) in [5.41, 5.74) is 3.06. The van der Waals surface area contributed by atoms with E-state index in [4.69, 9.17) is 4.74 Å². The molecule has 2 aliphatic rings. The van der Waals surface area contributed by atoms with Gasteiger partial charge in [0.1, 0.15) is 12.1 Å². The van der Waals surface area contributed by atoms with Crippen LogP contribution < -0.4 is 10.1 Å². The average Bonchev–Trinajstić information content (AvgIpc) is 3.18. The minimum Gasteiger partial charge on any atom is -0.481 e. The average molecular weight is 353 g/mol. The van der Waals surface area contributed by atoms with Gasteiger partial charge in [0, 0.05) is 42.7 Å². The Balaban J connectivity index is 1.35. The summed E-state index contributed by atoms with van der Waals surface area (Å²) < 4.78 is 5.04. The van der Waals surface area contributed by atoms with E-state index in [0.717, 1.165) is 51.0 Å². The second-order valence-corrected chi connectivity index (χ2v) is 6.80. The van der Waals surface area contributed by atoms with Gasteiger partial charge in [0.2, 0.25) is 5.88 Å². The number of methoxy groups -OCH3 is 1. The van der Waals surface area contributed by atoms with Gasteiger partial charge in [-0.3, -0.25) is 4.79 Å². The van der Waals surface area contributed by atoms with Gasteiger partial charge >= 0.3 is 0 Å². The second-order valence-electron chi connectivity index (χ2n) is 6.80. The quantitative estimate of drug-likeness (QED) is 0.906. The monoisotopic (exact) mass is 353 g/mol. The fraction of sp³-hybridized carbons (Fsp3) is 0.474. The molecule has 0 saturated carbocycles. The molecular weight excluding hydrogens is 330 g/mol. The maximum atomic E-state index is 12.6. The summed E-state index contributed by atoms with van der Waals surface area (Å²) in [6, 6.07) is 3.83. The SMILES string of the molecule is COc1ccc(C(=O)N2CCC(Nc3ncnc4c3CCC4)CC2)cn1. The molecule has 7 nitrogen and oxygen atoms in total. The lowest BCUT2D eigenvalue weighted by molar-refractivity contribution is 0.0718. The normalized spacial score (nSPS) is 17.0. The predicted octanol–water partition coefficient (Wildman–Crippen LogP) is 2.09. The molecule has 0 bridgehead atoms. The van der Waals surface area contributed by atoms with Gasteiger partial charge in [-0.15, -0.1) is 0 Å². The van der Waals surface area contributed by atoms with Crippen molar-refractivity contribution >= 4 is 11.7 Å². The number of carbonyl (C=O) groups excluding carboxylic acids is 1. The third-order valence-electron chi connectivity index (χ3n) is 5.19. The number of carbonyl (C=O) groups is 1. The Morgan fingerprint density at radius 1 is 1.19 bits per heavy atom. The number of piperidine rings is 1. The summed E-state index contributed by atoms with van der Waals surface area (Å²) in [6.07, 6.45) is 8.32. The third-order valence-corrected chi connectivity index (χ3v) is 5.19. The molecule has 1 aliphatic carbocycles. The highest BCUT2D eigenvalue weighted by atomic mass is 16.5. The molecule has 7 heteroatoms. The van der Waals surface area contributed by atoms with E-state index >= 15 is 0 Å². The first-order chi connectivity index (χ1) is 12.7. The molecule has 0 unspecified atom stereocenters. The molecule has 136 valence electrons. The van der Waals surface area contributed by atoms with E-state index in [1.807, 2.05) is 4.90 Å². The lowest BCUT2D eigenvalue weighted by atomic mass is 10.0. The zero-order valence-electron chi connectivity index (χ0n) is 14.9. The Morgan fingerprint density at radius 2 is 2.04 bits per heavy atom. The van der Waals surface area contributed by atoms with Crippen molar-refractivity contribution in [1.29, 1.82) is 0 Å². The number of hydrogen-bond donors (Lipinski definition) is 1. The zero-order valence-corrected chi connectivity index (χ0v) is 14.9. The molecule has 1 aliphatic heterocycles. The molecule has 4 rings (SSSR count). The molecule has 2 aromatic heterocycles. The predicted molar refractivity (Wildman–Crippen MR) is 97.4 cm³/mol. The molecule has 1 amide bonds. The number of amides is 1. The van der Waals surface area contributed by atoms with E-state index in [1.54, 1.807) is 31.8 Å². The standard InChI is InChI=1S/C19H23N5O2/c1-26-17-6-5-13(11-20-17)19(25)24-9-7-14(8-10-24)23-18-15-3-2-4-16(15)21-12-22-18/h5-6,11-12,14H,2-4,7-10H2,1H3,(H,21,22,23). The highest BCUT2D eigenvalue weighted by Crippen LogP contribution is 2.27. The first-order valence-electron chi connectivity index (χ1n) is 9.13.